The number of halogens is 2. The molecule has 0 radical (unpaired) electrons. The molecule has 3 rings (SSSR count). The van der Waals surface area contributed by atoms with Crippen LogP contribution in [0.4, 0.5) is 31.9 Å². The Hall–Kier alpha value is -3.35. The van der Waals surface area contributed by atoms with Crippen molar-refractivity contribution in [3.63, 3.8) is 0 Å². The van der Waals surface area contributed by atoms with E-state index in [9.17, 15) is 13.6 Å². The zero-order chi connectivity index (χ0) is 18.7. The number of anilines is 4. The summed E-state index contributed by atoms with van der Waals surface area (Å²) >= 11 is 0. The largest absolute Gasteiger partial charge is 0.340 e. The maximum Gasteiger partial charge on any atom is 0.229 e. The molecule has 0 aliphatic heterocycles. The lowest BCUT2D eigenvalue weighted by Gasteiger charge is -2.11. The van der Waals surface area contributed by atoms with Crippen LogP contribution in [0.15, 0.2) is 48.5 Å². The fourth-order valence-electron chi connectivity index (χ4n) is 2.34. The van der Waals surface area contributed by atoms with E-state index in [1.807, 2.05) is 0 Å². The van der Waals surface area contributed by atoms with Crippen molar-refractivity contribution >= 4 is 28.9 Å². The third-order valence-electron chi connectivity index (χ3n) is 3.60. The highest BCUT2D eigenvalue weighted by molar-refractivity contribution is 5.94. The van der Waals surface area contributed by atoms with Gasteiger partial charge in [-0.3, -0.25) is 4.79 Å². The van der Waals surface area contributed by atoms with Crippen LogP contribution < -0.4 is 10.6 Å². The van der Waals surface area contributed by atoms with E-state index < -0.39 is 11.6 Å². The molecule has 0 spiro atoms. The van der Waals surface area contributed by atoms with Crippen LogP contribution in [0, 0.1) is 18.6 Å². The molecule has 5 nitrogen and oxygen atoms in total. The molecular weight excluding hydrogens is 338 g/mol. The summed E-state index contributed by atoms with van der Waals surface area (Å²) in [6, 6.07) is 11.9. The fourth-order valence-corrected chi connectivity index (χ4v) is 2.34. The van der Waals surface area contributed by atoms with Gasteiger partial charge in [-0.15, -0.1) is 0 Å². The fraction of sp³-hybridized carbons (Fsp3) is 0.105. The maximum atomic E-state index is 13.8. The van der Waals surface area contributed by atoms with Gasteiger partial charge in [0.1, 0.15) is 17.5 Å². The molecule has 0 amide bonds. The third kappa shape index (κ3) is 4.18. The number of hydrogen-bond acceptors (Lipinski definition) is 5. The molecule has 0 saturated carbocycles. The Bertz CT molecular complexity index is 958. The van der Waals surface area contributed by atoms with Crippen LogP contribution >= 0.6 is 0 Å². The lowest BCUT2D eigenvalue weighted by atomic mass is 10.1. The predicted octanol–water partition coefficient (Wildman–Crippen LogP) is 4.75. The summed E-state index contributed by atoms with van der Waals surface area (Å²) < 4.78 is 26.8. The second kappa shape index (κ2) is 7.26. The molecule has 1 aromatic heterocycles. The minimum absolute atomic E-state index is 0.0118. The first-order valence-corrected chi connectivity index (χ1v) is 7.86. The third-order valence-corrected chi connectivity index (χ3v) is 3.60. The van der Waals surface area contributed by atoms with Gasteiger partial charge in [-0.05, 0) is 50.2 Å². The van der Waals surface area contributed by atoms with Crippen molar-refractivity contribution in [2.45, 2.75) is 13.8 Å². The first kappa shape index (κ1) is 17.5. The van der Waals surface area contributed by atoms with Crippen LogP contribution in [-0.2, 0) is 0 Å². The topological polar surface area (TPSA) is 66.9 Å². The molecule has 3 aromatic rings. The lowest BCUT2D eigenvalue weighted by molar-refractivity contribution is 0.101. The highest BCUT2D eigenvalue weighted by Crippen LogP contribution is 2.21. The number of aryl methyl sites for hydroxylation is 1. The molecule has 0 aliphatic carbocycles. The van der Waals surface area contributed by atoms with Gasteiger partial charge in [0.2, 0.25) is 5.95 Å². The second-order valence-corrected chi connectivity index (χ2v) is 5.73. The van der Waals surface area contributed by atoms with E-state index in [1.54, 1.807) is 37.3 Å². The van der Waals surface area contributed by atoms with Crippen LogP contribution in [-0.4, -0.2) is 15.8 Å². The minimum Gasteiger partial charge on any atom is -0.340 e. The molecule has 132 valence electrons. The van der Waals surface area contributed by atoms with Crippen LogP contribution in [0.5, 0.6) is 0 Å². The Balaban J connectivity index is 1.82. The zero-order valence-corrected chi connectivity index (χ0v) is 14.2. The smallest absolute Gasteiger partial charge is 0.229 e. The summed E-state index contributed by atoms with van der Waals surface area (Å²) in [5, 5.41) is 5.85. The molecule has 2 aromatic carbocycles. The van der Waals surface area contributed by atoms with Crippen LogP contribution in [0.3, 0.4) is 0 Å². The lowest BCUT2D eigenvalue weighted by Crippen LogP contribution is -2.03. The van der Waals surface area contributed by atoms with E-state index in [0.717, 1.165) is 17.8 Å². The molecule has 0 saturated heterocycles. The van der Waals surface area contributed by atoms with E-state index in [0.29, 0.717) is 17.1 Å². The van der Waals surface area contributed by atoms with Gasteiger partial charge in [-0.2, -0.15) is 4.98 Å². The average molecular weight is 354 g/mol. The number of ketones is 1. The number of nitrogens with zero attached hydrogens (tertiary/aromatic N) is 2. The quantitative estimate of drug-likeness (QED) is 0.647. The molecule has 7 heteroatoms. The molecule has 0 fully saturated rings. The Morgan fingerprint density at radius 2 is 1.69 bits per heavy atom. The SMILES string of the molecule is CC(=O)c1ccc(Nc2cc(C)nc(Nc3ccc(F)cc3F)n2)cc1. The molecule has 1 heterocycles. The van der Waals surface area contributed by atoms with Gasteiger partial charge in [0.15, 0.2) is 5.78 Å². The number of rotatable bonds is 5. The first-order chi connectivity index (χ1) is 12.4. The van der Waals surface area contributed by atoms with Crippen molar-refractivity contribution in [3.8, 4) is 0 Å². The molecule has 0 bridgehead atoms. The monoisotopic (exact) mass is 354 g/mol. The van der Waals surface area contributed by atoms with Gasteiger partial charge in [0.25, 0.3) is 0 Å². The van der Waals surface area contributed by atoms with E-state index in [2.05, 4.69) is 20.6 Å². The number of hydrogen-bond donors (Lipinski definition) is 2. The molecule has 0 aliphatic rings. The molecule has 2 N–H and O–H groups in total. The van der Waals surface area contributed by atoms with Crippen molar-refractivity contribution < 1.29 is 13.6 Å². The van der Waals surface area contributed by atoms with Gasteiger partial charge in [-0.25, -0.2) is 13.8 Å². The standard InChI is InChI=1S/C19H16F2N4O/c1-11-9-18(23-15-6-3-13(4-7-15)12(2)26)25-19(22-11)24-17-8-5-14(20)10-16(17)21/h3-10H,1-2H3,(H2,22,23,24,25). The van der Waals surface area contributed by atoms with Crippen molar-refractivity contribution in [2.24, 2.45) is 0 Å². The van der Waals surface area contributed by atoms with Crippen molar-refractivity contribution in [1.29, 1.82) is 0 Å². The summed E-state index contributed by atoms with van der Waals surface area (Å²) in [6.07, 6.45) is 0. The highest BCUT2D eigenvalue weighted by atomic mass is 19.1. The van der Waals surface area contributed by atoms with Gasteiger partial charge < -0.3 is 10.6 Å². The molecule has 26 heavy (non-hydrogen) atoms. The number of aromatic nitrogens is 2. The summed E-state index contributed by atoms with van der Waals surface area (Å²) in [6.45, 7) is 3.28. The van der Waals surface area contributed by atoms with Crippen molar-refractivity contribution in [1.82, 2.24) is 9.97 Å². The maximum absolute atomic E-state index is 13.8. The summed E-state index contributed by atoms with van der Waals surface area (Å²) in [5.41, 5.74) is 2.09. The molecule has 0 unspecified atom stereocenters. The Labute approximate surface area is 149 Å². The first-order valence-electron chi connectivity index (χ1n) is 7.86. The normalized spacial score (nSPS) is 10.5. The van der Waals surface area contributed by atoms with E-state index >= 15 is 0 Å². The highest BCUT2D eigenvalue weighted by Gasteiger charge is 2.08. The summed E-state index contributed by atoms with van der Waals surface area (Å²) in [4.78, 5) is 19.8. The number of carbonyl (C=O) groups is 1. The van der Waals surface area contributed by atoms with Crippen molar-refractivity contribution in [2.75, 3.05) is 10.6 Å². The zero-order valence-electron chi connectivity index (χ0n) is 14.2. The van der Waals surface area contributed by atoms with Crippen LogP contribution in [0.25, 0.3) is 0 Å². The van der Waals surface area contributed by atoms with Crippen LogP contribution in [0.1, 0.15) is 23.0 Å². The Morgan fingerprint density at radius 3 is 2.35 bits per heavy atom. The molecular formula is C19H16F2N4O. The average Bonchev–Trinajstić information content (AvgIpc) is 2.57. The summed E-state index contributed by atoms with van der Waals surface area (Å²) in [5.74, 6) is -0.724. The van der Waals surface area contributed by atoms with E-state index in [-0.39, 0.29) is 17.4 Å². The number of Topliss-reactive ketones (excluding diaryl/α,β-unsaturated/α-hetero) is 1. The predicted molar refractivity (Wildman–Crippen MR) is 96.1 cm³/mol. The number of nitrogens with one attached hydrogen (secondary N) is 2. The van der Waals surface area contributed by atoms with E-state index in [4.69, 9.17) is 0 Å². The van der Waals surface area contributed by atoms with Gasteiger partial charge in [0.05, 0.1) is 5.69 Å². The Morgan fingerprint density at radius 1 is 0.962 bits per heavy atom. The Kier molecular flexibility index (Phi) is 4.88. The summed E-state index contributed by atoms with van der Waals surface area (Å²) in [7, 11) is 0. The van der Waals surface area contributed by atoms with E-state index in [1.165, 1.54) is 13.0 Å². The van der Waals surface area contributed by atoms with Crippen LogP contribution in [0.2, 0.25) is 0 Å². The van der Waals surface area contributed by atoms with Gasteiger partial charge >= 0.3 is 0 Å². The van der Waals surface area contributed by atoms with Gasteiger partial charge in [-0.1, -0.05) is 0 Å². The second-order valence-electron chi connectivity index (χ2n) is 5.73. The minimum atomic E-state index is -0.732. The van der Waals surface area contributed by atoms with Gasteiger partial charge in [0, 0.05) is 29.1 Å². The van der Waals surface area contributed by atoms with Crippen molar-refractivity contribution in [3.05, 3.63) is 71.4 Å². The number of carbonyl (C=O) groups excluding carboxylic acids is 1. The molecule has 0 atom stereocenters. The number of benzene rings is 2.